The first kappa shape index (κ1) is 19.4. The van der Waals surface area contributed by atoms with Crippen LogP contribution in [0.2, 0.25) is 10.0 Å². The van der Waals surface area contributed by atoms with E-state index in [0.29, 0.717) is 17.4 Å². The number of carbonyl (C=O) groups excluding carboxylic acids is 2. The van der Waals surface area contributed by atoms with Crippen molar-refractivity contribution in [2.75, 3.05) is 23.9 Å². The van der Waals surface area contributed by atoms with Crippen molar-refractivity contribution >= 4 is 52.5 Å². The van der Waals surface area contributed by atoms with Crippen LogP contribution < -0.4 is 15.2 Å². The molecule has 132 valence electrons. The Morgan fingerprint density at radius 3 is 2.56 bits per heavy atom. The Hall–Kier alpha value is -1.89. The van der Waals surface area contributed by atoms with Crippen molar-refractivity contribution in [3.8, 4) is 5.75 Å². The molecule has 0 aliphatic carbocycles. The third-order valence-corrected chi connectivity index (χ3v) is 4.31. The minimum Gasteiger partial charge on any atom is -0.545 e. The fourth-order valence-corrected chi connectivity index (χ4v) is 2.74. The number of carboxylic acids is 1. The maximum absolute atomic E-state index is 12.3. The van der Waals surface area contributed by atoms with E-state index in [0.717, 1.165) is 5.75 Å². The van der Waals surface area contributed by atoms with Gasteiger partial charge in [-0.05, 0) is 42.7 Å². The third-order valence-electron chi connectivity index (χ3n) is 3.19. The van der Waals surface area contributed by atoms with Crippen molar-refractivity contribution < 1.29 is 19.4 Å². The normalized spacial score (nSPS) is 10.4. The van der Waals surface area contributed by atoms with Crippen LogP contribution in [0, 0.1) is 0 Å². The quantitative estimate of drug-likeness (QED) is 0.723. The molecule has 5 nitrogen and oxygen atoms in total. The van der Waals surface area contributed by atoms with Crippen LogP contribution in [0.5, 0.6) is 5.75 Å². The number of nitrogens with one attached hydrogen (secondary N) is 1. The smallest absolute Gasteiger partial charge is 0.257 e. The van der Waals surface area contributed by atoms with Gasteiger partial charge in [-0.25, -0.2) is 0 Å². The Balaban J connectivity index is 2.23. The average Bonchev–Trinajstić information content (AvgIpc) is 2.56. The van der Waals surface area contributed by atoms with Gasteiger partial charge in [-0.2, -0.15) is 11.8 Å². The molecule has 0 atom stereocenters. The highest BCUT2D eigenvalue weighted by Gasteiger charge is 2.14. The monoisotopic (exact) mass is 398 g/mol. The number of benzene rings is 2. The molecule has 0 unspecified atom stereocenters. The Morgan fingerprint density at radius 1 is 1.16 bits per heavy atom. The van der Waals surface area contributed by atoms with E-state index in [4.69, 9.17) is 27.9 Å². The van der Waals surface area contributed by atoms with Crippen LogP contribution in [0.1, 0.15) is 20.7 Å². The molecule has 2 aromatic rings. The zero-order chi connectivity index (χ0) is 18.4. The molecule has 0 bridgehead atoms. The number of aromatic carboxylic acids is 1. The van der Waals surface area contributed by atoms with Gasteiger partial charge in [-0.1, -0.05) is 23.2 Å². The van der Waals surface area contributed by atoms with E-state index >= 15 is 0 Å². The molecular weight excluding hydrogens is 385 g/mol. The highest BCUT2D eigenvalue weighted by atomic mass is 35.5. The van der Waals surface area contributed by atoms with Crippen molar-refractivity contribution in [2.24, 2.45) is 0 Å². The molecule has 25 heavy (non-hydrogen) atoms. The summed E-state index contributed by atoms with van der Waals surface area (Å²) in [5.74, 6) is -0.822. The Bertz CT molecular complexity index is 798. The second kappa shape index (κ2) is 8.99. The van der Waals surface area contributed by atoms with Crippen molar-refractivity contribution in [3.63, 3.8) is 0 Å². The van der Waals surface area contributed by atoms with Gasteiger partial charge >= 0.3 is 0 Å². The van der Waals surface area contributed by atoms with Crippen molar-refractivity contribution in [1.82, 2.24) is 0 Å². The van der Waals surface area contributed by atoms with E-state index in [1.54, 1.807) is 17.8 Å². The molecule has 0 heterocycles. The standard InChI is InChI=1S/C17H15Cl2NO4S/c1-25-7-6-24-11-3-5-15(13(9-11)17(22)23)20-16(21)12-4-2-10(18)8-14(12)19/h2-5,8-9H,6-7H2,1H3,(H,20,21)(H,22,23)/p-1. The topological polar surface area (TPSA) is 78.5 Å². The molecule has 0 radical (unpaired) electrons. The van der Waals surface area contributed by atoms with Crippen molar-refractivity contribution in [3.05, 3.63) is 57.6 Å². The van der Waals surface area contributed by atoms with Gasteiger partial charge in [0, 0.05) is 16.3 Å². The number of halogens is 2. The van der Waals surface area contributed by atoms with Crippen LogP contribution in [-0.4, -0.2) is 30.5 Å². The Kier molecular flexibility index (Phi) is 6.99. The van der Waals surface area contributed by atoms with E-state index < -0.39 is 11.9 Å². The fourth-order valence-electron chi connectivity index (χ4n) is 2.00. The number of amides is 1. The van der Waals surface area contributed by atoms with Gasteiger partial charge < -0.3 is 20.0 Å². The predicted octanol–water partition coefficient (Wildman–Crippen LogP) is 3.35. The predicted molar refractivity (Wildman–Crippen MR) is 99.1 cm³/mol. The summed E-state index contributed by atoms with van der Waals surface area (Å²) in [5.41, 5.74) is 0.0870. The van der Waals surface area contributed by atoms with Gasteiger partial charge in [-0.15, -0.1) is 0 Å². The van der Waals surface area contributed by atoms with E-state index in [9.17, 15) is 14.7 Å². The third kappa shape index (κ3) is 5.29. The molecular formula is C17H14Cl2NO4S-. The molecule has 2 rings (SSSR count). The lowest BCUT2D eigenvalue weighted by molar-refractivity contribution is -0.254. The molecule has 0 aliphatic rings. The molecule has 1 amide bonds. The number of ether oxygens (including phenoxy) is 1. The summed E-state index contributed by atoms with van der Waals surface area (Å²) < 4.78 is 5.45. The van der Waals surface area contributed by atoms with Gasteiger partial charge in [0.25, 0.3) is 5.91 Å². The maximum atomic E-state index is 12.3. The summed E-state index contributed by atoms with van der Waals surface area (Å²) in [7, 11) is 0. The largest absolute Gasteiger partial charge is 0.545 e. The summed E-state index contributed by atoms with van der Waals surface area (Å²) in [6.45, 7) is 0.444. The van der Waals surface area contributed by atoms with Crippen LogP contribution in [0.4, 0.5) is 5.69 Å². The SMILES string of the molecule is CSCCOc1ccc(NC(=O)c2ccc(Cl)cc2Cl)c(C(=O)[O-])c1. The van der Waals surface area contributed by atoms with Crippen molar-refractivity contribution in [1.29, 1.82) is 0 Å². The number of rotatable bonds is 7. The highest BCUT2D eigenvalue weighted by Crippen LogP contribution is 2.25. The molecule has 0 spiro atoms. The lowest BCUT2D eigenvalue weighted by atomic mass is 10.1. The molecule has 0 aromatic heterocycles. The van der Waals surface area contributed by atoms with Gasteiger partial charge in [0.1, 0.15) is 5.75 Å². The number of hydrogen-bond acceptors (Lipinski definition) is 5. The van der Waals surface area contributed by atoms with Gasteiger partial charge in [0.05, 0.1) is 28.8 Å². The second-order valence-electron chi connectivity index (χ2n) is 4.91. The lowest BCUT2D eigenvalue weighted by Crippen LogP contribution is -2.25. The van der Waals surface area contributed by atoms with E-state index in [1.807, 2.05) is 6.26 Å². The molecule has 0 fully saturated rings. The molecule has 8 heteroatoms. The highest BCUT2D eigenvalue weighted by molar-refractivity contribution is 7.98. The molecule has 0 aliphatic heterocycles. The molecule has 0 saturated carbocycles. The molecule has 2 aromatic carbocycles. The van der Waals surface area contributed by atoms with Crippen LogP contribution in [0.15, 0.2) is 36.4 Å². The zero-order valence-electron chi connectivity index (χ0n) is 13.2. The Morgan fingerprint density at radius 2 is 1.92 bits per heavy atom. The summed E-state index contributed by atoms with van der Waals surface area (Å²) in [6, 6.07) is 8.74. The van der Waals surface area contributed by atoms with Crippen molar-refractivity contribution in [2.45, 2.75) is 0 Å². The van der Waals surface area contributed by atoms with Gasteiger partial charge in [0.2, 0.25) is 0 Å². The average molecular weight is 399 g/mol. The van der Waals surface area contributed by atoms with Crippen LogP contribution in [-0.2, 0) is 0 Å². The van der Waals surface area contributed by atoms with E-state index in [2.05, 4.69) is 5.32 Å². The first-order valence-corrected chi connectivity index (χ1v) is 9.31. The summed E-state index contributed by atoms with van der Waals surface area (Å²) in [6.07, 6.45) is 1.94. The first-order chi connectivity index (χ1) is 11.9. The molecule has 0 saturated heterocycles. The summed E-state index contributed by atoms with van der Waals surface area (Å²) >= 11 is 13.4. The Labute approximate surface area is 159 Å². The van der Waals surface area contributed by atoms with E-state index in [1.165, 1.54) is 30.3 Å². The number of carbonyl (C=O) groups is 2. The number of thioether (sulfide) groups is 1. The first-order valence-electron chi connectivity index (χ1n) is 7.16. The van der Waals surface area contributed by atoms with Gasteiger partial charge in [0.15, 0.2) is 0 Å². The van der Waals surface area contributed by atoms with E-state index in [-0.39, 0.29) is 21.8 Å². The zero-order valence-corrected chi connectivity index (χ0v) is 15.5. The summed E-state index contributed by atoms with van der Waals surface area (Å²) in [4.78, 5) is 23.7. The maximum Gasteiger partial charge on any atom is 0.257 e. The second-order valence-corrected chi connectivity index (χ2v) is 6.74. The van der Waals surface area contributed by atoms with Crippen LogP contribution in [0.25, 0.3) is 0 Å². The summed E-state index contributed by atoms with van der Waals surface area (Å²) in [5, 5.41) is 14.4. The minimum absolute atomic E-state index is 0.0910. The minimum atomic E-state index is -1.42. The van der Waals surface area contributed by atoms with Gasteiger partial charge in [-0.3, -0.25) is 4.79 Å². The molecule has 1 N–H and O–H groups in total. The van der Waals surface area contributed by atoms with Crippen LogP contribution >= 0.6 is 35.0 Å². The van der Waals surface area contributed by atoms with Crippen LogP contribution in [0.3, 0.4) is 0 Å². The number of hydrogen-bond donors (Lipinski definition) is 1. The lowest BCUT2D eigenvalue weighted by Gasteiger charge is -2.14. The fraction of sp³-hybridized carbons (Fsp3) is 0.176. The number of carboxylic acid groups (broad SMARTS) is 1. The number of anilines is 1.